The molecule has 0 saturated heterocycles. The number of amides is 1. The minimum Gasteiger partial charge on any atom is -0.393 e. The van der Waals surface area contributed by atoms with E-state index in [1.807, 2.05) is 7.05 Å². The second-order valence-corrected chi connectivity index (χ2v) is 6.63. The molecule has 112 valence electrons. The third-order valence-corrected chi connectivity index (χ3v) is 3.78. The van der Waals surface area contributed by atoms with Crippen LogP contribution in [-0.2, 0) is 4.79 Å². The highest BCUT2D eigenvalue weighted by molar-refractivity contribution is 5.78. The highest BCUT2D eigenvalue weighted by atomic mass is 16.3. The van der Waals surface area contributed by atoms with E-state index in [1.165, 1.54) is 0 Å². The van der Waals surface area contributed by atoms with Crippen LogP contribution in [0.25, 0.3) is 0 Å². The first-order valence-electron chi connectivity index (χ1n) is 7.52. The summed E-state index contributed by atoms with van der Waals surface area (Å²) >= 11 is 0. The van der Waals surface area contributed by atoms with Crippen LogP contribution in [0, 0.1) is 11.8 Å². The Labute approximate surface area is 117 Å². The van der Waals surface area contributed by atoms with Crippen LogP contribution in [0.1, 0.15) is 46.5 Å². The molecule has 4 nitrogen and oxygen atoms in total. The molecule has 0 aromatic heterocycles. The van der Waals surface area contributed by atoms with Crippen LogP contribution in [0.5, 0.6) is 0 Å². The third-order valence-electron chi connectivity index (χ3n) is 3.78. The molecule has 1 amide bonds. The number of carbonyl (C=O) groups excluding carboxylic acids is 1. The molecule has 0 heterocycles. The van der Waals surface area contributed by atoms with Gasteiger partial charge in [0.15, 0.2) is 0 Å². The SMILES string of the molecule is CC(C)CCC(C)NC(=O)CN(C)CC1CC(O)C1. The van der Waals surface area contributed by atoms with E-state index in [9.17, 15) is 9.90 Å². The lowest BCUT2D eigenvalue weighted by Gasteiger charge is -2.34. The van der Waals surface area contributed by atoms with E-state index in [0.717, 1.165) is 32.2 Å². The van der Waals surface area contributed by atoms with E-state index >= 15 is 0 Å². The Morgan fingerprint density at radius 1 is 1.32 bits per heavy atom. The van der Waals surface area contributed by atoms with Gasteiger partial charge in [0.1, 0.15) is 0 Å². The van der Waals surface area contributed by atoms with Crippen LogP contribution < -0.4 is 5.32 Å². The molecule has 0 aliphatic heterocycles. The van der Waals surface area contributed by atoms with Gasteiger partial charge < -0.3 is 10.4 Å². The van der Waals surface area contributed by atoms with Gasteiger partial charge in [0.05, 0.1) is 12.6 Å². The lowest BCUT2D eigenvalue weighted by atomic mass is 9.82. The largest absolute Gasteiger partial charge is 0.393 e. The molecule has 0 spiro atoms. The van der Waals surface area contributed by atoms with Gasteiger partial charge in [-0.2, -0.15) is 0 Å². The number of aliphatic hydroxyl groups is 1. The minimum atomic E-state index is -0.108. The summed E-state index contributed by atoms with van der Waals surface area (Å²) < 4.78 is 0. The van der Waals surface area contributed by atoms with Crippen molar-refractivity contribution in [2.45, 2.75) is 58.6 Å². The van der Waals surface area contributed by atoms with Gasteiger partial charge in [-0.3, -0.25) is 9.69 Å². The zero-order chi connectivity index (χ0) is 14.4. The molecule has 1 rings (SSSR count). The Balaban J connectivity index is 2.12. The summed E-state index contributed by atoms with van der Waals surface area (Å²) in [5, 5.41) is 12.3. The summed E-state index contributed by atoms with van der Waals surface area (Å²) in [5.41, 5.74) is 0. The average Bonchev–Trinajstić information content (AvgIpc) is 2.23. The zero-order valence-electron chi connectivity index (χ0n) is 12.9. The molecule has 2 N–H and O–H groups in total. The molecule has 4 heteroatoms. The first-order valence-corrected chi connectivity index (χ1v) is 7.52. The molecule has 1 aliphatic carbocycles. The van der Waals surface area contributed by atoms with Gasteiger partial charge in [0.2, 0.25) is 5.91 Å². The predicted molar refractivity (Wildman–Crippen MR) is 77.9 cm³/mol. The van der Waals surface area contributed by atoms with Crippen molar-refractivity contribution >= 4 is 5.91 Å². The second kappa shape index (κ2) is 7.85. The van der Waals surface area contributed by atoms with Crippen molar-refractivity contribution in [3.8, 4) is 0 Å². The number of likely N-dealkylation sites (N-methyl/N-ethyl adjacent to an activating group) is 1. The fourth-order valence-corrected chi connectivity index (χ4v) is 2.58. The van der Waals surface area contributed by atoms with E-state index < -0.39 is 0 Å². The van der Waals surface area contributed by atoms with Crippen molar-refractivity contribution in [1.29, 1.82) is 0 Å². The van der Waals surface area contributed by atoms with Gasteiger partial charge in [-0.25, -0.2) is 0 Å². The fraction of sp³-hybridized carbons (Fsp3) is 0.933. The quantitative estimate of drug-likeness (QED) is 0.705. The predicted octanol–water partition coefficient (Wildman–Crippen LogP) is 1.63. The van der Waals surface area contributed by atoms with Crippen molar-refractivity contribution < 1.29 is 9.90 Å². The molecule has 1 unspecified atom stereocenters. The Hall–Kier alpha value is -0.610. The van der Waals surface area contributed by atoms with Crippen molar-refractivity contribution in [3.05, 3.63) is 0 Å². The summed E-state index contributed by atoms with van der Waals surface area (Å²) in [7, 11) is 1.98. The Bertz CT molecular complexity index is 275. The van der Waals surface area contributed by atoms with E-state index in [2.05, 4.69) is 31.0 Å². The summed E-state index contributed by atoms with van der Waals surface area (Å²) in [6.07, 6.45) is 3.86. The molecule has 1 aliphatic rings. The van der Waals surface area contributed by atoms with E-state index in [4.69, 9.17) is 0 Å². The van der Waals surface area contributed by atoms with Crippen LogP contribution in [0.2, 0.25) is 0 Å². The number of rotatable bonds is 8. The Kier molecular flexibility index (Phi) is 6.80. The summed E-state index contributed by atoms with van der Waals surface area (Å²) in [6, 6.07) is 0.258. The van der Waals surface area contributed by atoms with Crippen LogP contribution in [0.15, 0.2) is 0 Å². The summed E-state index contributed by atoms with van der Waals surface area (Å²) in [4.78, 5) is 13.9. The molecule has 0 radical (unpaired) electrons. The van der Waals surface area contributed by atoms with Crippen LogP contribution in [0.3, 0.4) is 0 Å². The normalized spacial score (nSPS) is 24.4. The van der Waals surface area contributed by atoms with Gasteiger partial charge in [0, 0.05) is 12.6 Å². The maximum atomic E-state index is 11.9. The number of carbonyl (C=O) groups is 1. The minimum absolute atomic E-state index is 0.108. The molecule has 19 heavy (non-hydrogen) atoms. The lowest BCUT2D eigenvalue weighted by molar-refractivity contribution is -0.122. The number of nitrogens with one attached hydrogen (secondary N) is 1. The average molecular weight is 270 g/mol. The summed E-state index contributed by atoms with van der Waals surface area (Å²) in [5.74, 6) is 1.36. The second-order valence-electron chi connectivity index (χ2n) is 6.63. The number of nitrogens with zero attached hydrogens (tertiary/aromatic N) is 1. The van der Waals surface area contributed by atoms with Gasteiger partial charge >= 0.3 is 0 Å². The van der Waals surface area contributed by atoms with Crippen LogP contribution in [0.4, 0.5) is 0 Å². The van der Waals surface area contributed by atoms with E-state index in [1.54, 1.807) is 0 Å². The third kappa shape index (κ3) is 6.92. The fourth-order valence-electron chi connectivity index (χ4n) is 2.58. The van der Waals surface area contributed by atoms with Crippen molar-refractivity contribution in [2.24, 2.45) is 11.8 Å². The van der Waals surface area contributed by atoms with Crippen molar-refractivity contribution in [3.63, 3.8) is 0 Å². The molecular formula is C15H30N2O2. The number of aliphatic hydroxyl groups excluding tert-OH is 1. The smallest absolute Gasteiger partial charge is 0.234 e. The molecule has 0 aromatic carbocycles. The molecule has 1 atom stereocenters. The first kappa shape index (κ1) is 16.4. The van der Waals surface area contributed by atoms with Crippen molar-refractivity contribution in [2.75, 3.05) is 20.1 Å². The Morgan fingerprint density at radius 3 is 2.47 bits per heavy atom. The maximum Gasteiger partial charge on any atom is 0.234 e. The van der Waals surface area contributed by atoms with Crippen molar-refractivity contribution in [1.82, 2.24) is 10.2 Å². The number of hydrogen-bond donors (Lipinski definition) is 2. The maximum absolute atomic E-state index is 11.9. The highest BCUT2D eigenvalue weighted by Crippen LogP contribution is 2.27. The van der Waals surface area contributed by atoms with Gasteiger partial charge in [-0.15, -0.1) is 0 Å². The molecular weight excluding hydrogens is 240 g/mol. The Morgan fingerprint density at radius 2 is 1.95 bits per heavy atom. The molecule has 0 bridgehead atoms. The first-order chi connectivity index (χ1) is 8.86. The number of hydrogen-bond acceptors (Lipinski definition) is 3. The molecule has 1 saturated carbocycles. The summed E-state index contributed by atoms with van der Waals surface area (Å²) in [6.45, 7) is 7.84. The monoisotopic (exact) mass is 270 g/mol. The van der Waals surface area contributed by atoms with Crippen LogP contribution in [-0.4, -0.2) is 48.2 Å². The van der Waals surface area contributed by atoms with Crippen LogP contribution >= 0.6 is 0 Å². The topological polar surface area (TPSA) is 52.6 Å². The van der Waals surface area contributed by atoms with E-state index in [-0.39, 0.29) is 18.1 Å². The standard InChI is InChI=1S/C15H30N2O2/c1-11(2)5-6-12(3)16-15(19)10-17(4)9-13-7-14(18)8-13/h11-14,18H,5-10H2,1-4H3,(H,16,19). The highest BCUT2D eigenvalue weighted by Gasteiger charge is 2.28. The van der Waals surface area contributed by atoms with E-state index in [0.29, 0.717) is 18.4 Å². The molecule has 0 aromatic rings. The lowest BCUT2D eigenvalue weighted by Crippen LogP contribution is -2.43. The van der Waals surface area contributed by atoms with Gasteiger partial charge in [-0.1, -0.05) is 13.8 Å². The van der Waals surface area contributed by atoms with Gasteiger partial charge in [0.25, 0.3) is 0 Å². The van der Waals surface area contributed by atoms with Gasteiger partial charge in [-0.05, 0) is 51.5 Å². The molecule has 1 fully saturated rings. The zero-order valence-corrected chi connectivity index (χ0v) is 12.9.